The monoisotopic (exact) mass is 272 g/mol. The summed E-state index contributed by atoms with van der Waals surface area (Å²) in [5.41, 5.74) is -0.379. The molecule has 0 spiro atoms. The predicted octanol–water partition coefficient (Wildman–Crippen LogP) is 4.45. The molecule has 0 aliphatic rings. The van der Waals surface area contributed by atoms with Crippen molar-refractivity contribution in [1.29, 1.82) is 0 Å². The van der Waals surface area contributed by atoms with Gasteiger partial charge in [-0.15, -0.1) is 0 Å². The molecule has 0 N–H and O–H groups in total. The third kappa shape index (κ3) is 10.7. The Bertz CT molecular complexity index is 241. The number of rotatable bonds is 9. The summed E-state index contributed by atoms with van der Waals surface area (Å²) in [6.07, 6.45) is 8.84. The molecule has 0 aliphatic heterocycles. The smallest absolute Gasteiger partial charge is 0.311 e. The predicted molar refractivity (Wildman–Crippen MR) is 81.0 cm³/mol. The molecule has 0 bridgehead atoms. The van der Waals surface area contributed by atoms with Crippen LogP contribution in [0.2, 0.25) is 0 Å². The fourth-order valence-corrected chi connectivity index (χ4v) is 1.95. The summed E-state index contributed by atoms with van der Waals surface area (Å²) < 4.78 is 5.20. The summed E-state index contributed by atoms with van der Waals surface area (Å²) in [6, 6.07) is 0. The van der Waals surface area contributed by atoms with Crippen molar-refractivity contribution < 1.29 is 9.53 Å². The van der Waals surface area contributed by atoms with Crippen molar-refractivity contribution in [2.45, 2.75) is 53.4 Å². The average molecular weight is 272 g/mol. The van der Waals surface area contributed by atoms with E-state index in [2.05, 4.69) is 19.1 Å². The number of allylic oxidation sites excluding steroid dienone is 1. The van der Waals surface area contributed by atoms with Crippen molar-refractivity contribution >= 4 is 17.7 Å². The lowest BCUT2D eigenvalue weighted by atomic mass is 9.97. The summed E-state index contributed by atoms with van der Waals surface area (Å²) in [5, 5.41) is 0. The molecule has 2 nitrogen and oxygen atoms in total. The van der Waals surface area contributed by atoms with Crippen LogP contribution in [0.1, 0.15) is 53.4 Å². The van der Waals surface area contributed by atoms with Gasteiger partial charge in [0.15, 0.2) is 0 Å². The fraction of sp³-hybridized carbons (Fsp3) is 0.800. The van der Waals surface area contributed by atoms with Crippen molar-refractivity contribution in [2.75, 3.05) is 18.1 Å². The summed E-state index contributed by atoms with van der Waals surface area (Å²) in [7, 11) is 0. The van der Waals surface area contributed by atoms with Crippen LogP contribution >= 0.6 is 11.8 Å². The molecule has 0 rings (SSSR count). The Labute approximate surface area is 117 Å². The van der Waals surface area contributed by atoms with E-state index in [0.29, 0.717) is 6.61 Å². The minimum Gasteiger partial charge on any atom is -0.465 e. The van der Waals surface area contributed by atoms with Crippen molar-refractivity contribution in [3.8, 4) is 0 Å². The van der Waals surface area contributed by atoms with Gasteiger partial charge in [-0.05, 0) is 52.2 Å². The van der Waals surface area contributed by atoms with Gasteiger partial charge < -0.3 is 4.74 Å². The Hall–Kier alpha value is -0.440. The molecule has 0 unspecified atom stereocenters. The molecule has 0 saturated heterocycles. The molecule has 0 aliphatic carbocycles. The first-order valence-electron chi connectivity index (χ1n) is 6.88. The maximum Gasteiger partial charge on any atom is 0.311 e. The van der Waals surface area contributed by atoms with Crippen LogP contribution in [0.4, 0.5) is 0 Å². The largest absolute Gasteiger partial charge is 0.465 e. The van der Waals surface area contributed by atoms with Crippen LogP contribution in [0.5, 0.6) is 0 Å². The van der Waals surface area contributed by atoms with Crippen molar-refractivity contribution in [3.05, 3.63) is 12.2 Å². The lowest BCUT2D eigenvalue weighted by Gasteiger charge is -2.16. The molecule has 0 heterocycles. The maximum absolute atomic E-state index is 11.5. The lowest BCUT2D eigenvalue weighted by Crippen LogP contribution is -2.23. The molecular weight excluding hydrogens is 244 g/mol. The van der Waals surface area contributed by atoms with E-state index < -0.39 is 0 Å². The highest BCUT2D eigenvalue weighted by Crippen LogP contribution is 2.15. The van der Waals surface area contributed by atoms with E-state index in [0.717, 1.165) is 25.0 Å². The number of unbranched alkanes of at least 4 members (excludes halogenated alkanes) is 2. The van der Waals surface area contributed by atoms with Gasteiger partial charge in [-0.2, -0.15) is 11.8 Å². The quantitative estimate of drug-likeness (QED) is 0.352. The molecule has 0 atom stereocenters. The first kappa shape index (κ1) is 17.6. The fourth-order valence-electron chi connectivity index (χ4n) is 1.23. The number of carbonyl (C=O) groups excluding carboxylic acids is 1. The van der Waals surface area contributed by atoms with Crippen molar-refractivity contribution in [1.82, 2.24) is 0 Å². The van der Waals surface area contributed by atoms with E-state index >= 15 is 0 Å². The summed E-state index contributed by atoms with van der Waals surface area (Å²) >= 11 is 1.97. The van der Waals surface area contributed by atoms with Crippen LogP contribution in [0.15, 0.2) is 12.2 Å². The molecule has 0 aromatic heterocycles. The third-order valence-corrected chi connectivity index (χ3v) is 3.46. The number of ether oxygens (including phenoxy) is 1. The van der Waals surface area contributed by atoms with Gasteiger partial charge in [0.25, 0.3) is 0 Å². The van der Waals surface area contributed by atoms with Crippen LogP contribution in [0, 0.1) is 5.41 Å². The highest BCUT2D eigenvalue weighted by Gasteiger charge is 2.22. The molecule has 0 radical (unpaired) electrons. The molecule has 18 heavy (non-hydrogen) atoms. The Balaban J connectivity index is 3.33. The molecule has 0 fully saturated rings. The van der Waals surface area contributed by atoms with Gasteiger partial charge in [0, 0.05) is 5.75 Å². The summed E-state index contributed by atoms with van der Waals surface area (Å²) in [6.45, 7) is 8.40. The van der Waals surface area contributed by atoms with Crippen molar-refractivity contribution in [2.24, 2.45) is 5.41 Å². The molecular formula is C15H28O2S. The second kappa shape index (κ2) is 10.5. The first-order valence-corrected chi connectivity index (χ1v) is 8.04. The minimum atomic E-state index is -0.379. The first-order chi connectivity index (χ1) is 8.48. The van der Waals surface area contributed by atoms with Gasteiger partial charge in [-0.1, -0.05) is 19.1 Å². The van der Waals surface area contributed by atoms with Crippen LogP contribution in [-0.4, -0.2) is 24.1 Å². The molecule has 0 saturated carbocycles. The van der Waals surface area contributed by atoms with Crippen LogP contribution in [0.25, 0.3) is 0 Å². The molecule has 3 heteroatoms. The van der Waals surface area contributed by atoms with E-state index in [1.165, 1.54) is 12.2 Å². The second-order valence-electron chi connectivity index (χ2n) is 5.43. The molecule has 0 aromatic carbocycles. The highest BCUT2D eigenvalue weighted by molar-refractivity contribution is 7.99. The van der Waals surface area contributed by atoms with Crippen LogP contribution in [0.3, 0.4) is 0 Å². The number of carbonyl (C=O) groups is 1. The summed E-state index contributed by atoms with van der Waals surface area (Å²) in [4.78, 5) is 11.5. The SMILES string of the molecule is CCCSC/C=C\CCCCOC(=O)C(C)(C)C. The van der Waals surface area contributed by atoms with E-state index in [9.17, 15) is 4.79 Å². The maximum atomic E-state index is 11.5. The topological polar surface area (TPSA) is 26.3 Å². The van der Waals surface area contributed by atoms with Gasteiger partial charge in [0.1, 0.15) is 0 Å². The standard InChI is InChI=1S/C15H28O2S/c1-5-12-18-13-10-8-6-7-9-11-17-14(16)15(2,3)4/h8,10H,5-7,9,11-13H2,1-4H3/b10-8-. The zero-order valence-electron chi connectivity index (χ0n) is 12.3. The van der Waals surface area contributed by atoms with Gasteiger partial charge in [-0.25, -0.2) is 0 Å². The normalized spacial score (nSPS) is 12.0. The average Bonchev–Trinajstić information content (AvgIpc) is 2.30. The lowest BCUT2D eigenvalue weighted by molar-refractivity contribution is -0.153. The van der Waals surface area contributed by atoms with Gasteiger partial charge in [-0.3, -0.25) is 4.79 Å². The zero-order chi connectivity index (χ0) is 13.9. The number of hydrogen-bond donors (Lipinski definition) is 0. The number of thioether (sulfide) groups is 1. The van der Waals surface area contributed by atoms with Crippen LogP contribution in [-0.2, 0) is 9.53 Å². The third-order valence-electron chi connectivity index (χ3n) is 2.34. The Kier molecular flexibility index (Phi) is 10.2. The molecule has 106 valence electrons. The Morgan fingerprint density at radius 3 is 2.56 bits per heavy atom. The van der Waals surface area contributed by atoms with Gasteiger partial charge >= 0.3 is 5.97 Å². The van der Waals surface area contributed by atoms with E-state index in [1.54, 1.807) is 0 Å². The number of hydrogen-bond acceptors (Lipinski definition) is 3. The minimum absolute atomic E-state index is 0.103. The van der Waals surface area contributed by atoms with E-state index in [4.69, 9.17) is 4.74 Å². The Morgan fingerprint density at radius 1 is 1.22 bits per heavy atom. The van der Waals surface area contributed by atoms with Gasteiger partial charge in [0.2, 0.25) is 0 Å². The zero-order valence-corrected chi connectivity index (χ0v) is 13.1. The summed E-state index contributed by atoms with van der Waals surface area (Å²) in [5.74, 6) is 2.26. The molecule has 0 amide bonds. The molecule has 0 aromatic rings. The van der Waals surface area contributed by atoms with Gasteiger partial charge in [0.05, 0.1) is 12.0 Å². The number of esters is 1. The van der Waals surface area contributed by atoms with Crippen molar-refractivity contribution in [3.63, 3.8) is 0 Å². The Morgan fingerprint density at radius 2 is 1.94 bits per heavy atom. The van der Waals surface area contributed by atoms with E-state index in [-0.39, 0.29) is 11.4 Å². The highest BCUT2D eigenvalue weighted by atomic mass is 32.2. The van der Waals surface area contributed by atoms with Crippen LogP contribution < -0.4 is 0 Å². The second-order valence-corrected chi connectivity index (χ2v) is 6.58. The van der Waals surface area contributed by atoms with E-state index in [1.807, 2.05) is 32.5 Å².